The summed E-state index contributed by atoms with van der Waals surface area (Å²) < 4.78 is 13.5. The van der Waals surface area contributed by atoms with E-state index in [1.807, 2.05) is 54.6 Å². The van der Waals surface area contributed by atoms with Gasteiger partial charge in [0, 0.05) is 22.5 Å². The Morgan fingerprint density at radius 1 is 0.800 bits per heavy atom. The summed E-state index contributed by atoms with van der Waals surface area (Å²) in [6.07, 6.45) is 0. The van der Waals surface area contributed by atoms with E-state index in [4.69, 9.17) is 0 Å². The lowest BCUT2D eigenvalue weighted by Crippen LogP contribution is -2.30. The Morgan fingerprint density at radius 3 is 2.09 bits per heavy atom. The van der Waals surface area contributed by atoms with Crippen LogP contribution in [0, 0.1) is 5.82 Å². The van der Waals surface area contributed by atoms with E-state index in [2.05, 4.69) is 19.2 Å². The standard InChI is InChI=1S/C30H27FN2O2/c1-21(2)27-10-6-7-11-28(27)29(34)32-25-16-12-23(13-17-25)30(35)33(20-22-8-4-3-5-9-22)26-18-14-24(31)15-19-26/h3-19,21H,20H2,1-2H3,(H,32,34). The summed E-state index contributed by atoms with van der Waals surface area (Å²) in [7, 11) is 0. The van der Waals surface area contributed by atoms with Gasteiger partial charge in [-0.3, -0.25) is 9.59 Å². The van der Waals surface area contributed by atoms with Crippen LogP contribution in [0.1, 0.15) is 51.6 Å². The first kappa shape index (κ1) is 23.9. The third kappa shape index (κ3) is 5.82. The minimum Gasteiger partial charge on any atom is -0.322 e. The van der Waals surface area contributed by atoms with E-state index in [9.17, 15) is 14.0 Å². The molecule has 0 saturated carbocycles. The second-order valence-corrected chi connectivity index (χ2v) is 8.63. The summed E-state index contributed by atoms with van der Waals surface area (Å²) in [6.45, 7) is 4.44. The highest BCUT2D eigenvalue weighted by molar-refractivity contribution is 6.07. The van der Waals surface area contributed by atoms with Gasteiger partial charge in [0.25, 0.3) is 11.8 Å². The third-order valence-corrected chi connectivity index (χ3v) is 5.78. The SMILES string of the molecule is CC(C)c1ccccc1C(=O)Nc1ccc(C(=O)N(Cc2ccccc2)c2ccc(F)cc2)cc1. The number of carbonyl (C=O) groups excluding carboxylic acids is 2. The van der Waals surface area contributed by atoms with Gasteiger partial charge < -0.3 is 10.2 Å². The lowest BCUT2D eigenvalue weighted by molar-refractivity contribution is 0.0984. The Balaban J connectivity index is 1.55. The number of nitrogens with one attached hydrogen (secondary N) is 1. The zero-order valence-corrected chi connectivity index (χ0v) is 19.7. The second kappa shape index (κ2) is 10.8. The molecular weight excluding hydrogens is 439 g/mol. The highest BCUT2D eigenvalue weighted by Gasteiger charge is 2.19. The molecule has 0 heterocycles. The van der Waals surface area contributed by atoms with Gasteiger partial charge >= 0.3 is 0 Å². The van der Waals surface area contributed by atoms with Gasteiger partial charge in [-0.05, 0) is 71.6 Å². The van der Waals surface area contributed by atoms with Crippen molar-refractivity contribution in [1.29, 1.82) is 0 Å². The number of rotatable bonds is 7. The summed E-state index contributed by atoms with van der Waals surface area (Å²) in [4.78, 5) is 27.9. The van der Waals surface area contributed by atoms with E-state index in [1.54, 1.807) is 41.3 Å². The second-order valence-electron chi connectivity index (χ2n) is 8.63. The quantitative estimate of drug-likeness (QED) is 0.317. The number of carbonyl (C=O) groups is 2. The average molecular weight is 467 g/mol. The first-order chi connectivity index (χ1) is 16.9. The summed E-state index contributed by atoms with van der Waals surface area (Å²) in [6, 6.07) is 29.9. The van der Waals surface area contributed by atoms with E-state index in [0.717, 1.165) is 11.1 Å². The Morgan fingerprint density at radius 2 is 1.43 bits per heavy atom. The van der Waals surface area contributed by atoms with Gasteiger partial charge in [-0.15, -0.1) is 0 Å². The molecule has 176 valence electrons. The zero-order valence-electron chi connectivity index (χ0n) is 19.7. The number of anilines is 2. The zero-order chi connectivity index (χ0) is 24.8. The smallest absolute Gasteiger partial charge is 0.258 e. The third-order valence-electron chi connectivity index (χ3n) is 5.78. The monoisotopic (exact) mass is 466 g/mol. The lowest BCUT2D eigenvalue weighted by atomic mass is 9.97. The lowest BCUT2D eigenvalue weighted by Gasteiger charge is -2.23. The fourth-order valence-corrected chi connectivity index (χ4v) is 3.93. The minimum atomic E-state index is -0.361. The van der Waals surface area contributed by atoms with Crippen LogP contribution in [0.25, 0.3) is 0 Å². The molecule has 4 nitrogen and oxygen atoms in total. The molecule has 0 atom stereocenters. The van der Waals surface area contributed by atoms with Crippen LogP contribution in [0.4, 0.5) is 15.8 Å². The van der Waals surface area contributed by atoms with Gasteiger partial charge in [-0.2, -0.15) is 0 Å². The molecule has 0 aliphatic heterocycles. The van der Waals surface area contributed by atoms with Crippen LogP contribution in [0.3, 0.4) is 0 Å². The minimum absolute atomic E-state index is 0.189. The van der Waals surface area contributed by atoms with Crippen LogP contribution in [-0.2, 0) is 6.54 Å². The molecule has 0 aliphatic carbocycles. The number of hydrogen-bond donors (Lipinski definition) is 1. The predicted molar refractivity (Wildman–Crippen MR) is 138 cm³/mol. The summed E-state index contributed by atoms with van der Waals surface area (Å²) in [5, 5.41) is 2.92. The summed E-state index contributed by atoms with van der Waals surface area (Å²) >= 11 is 0. The van der Waals surface area contributed by atoms with E-state index in [-0.39, 0.29) is 23.5 Å². The molecule has 0 radical (unpaired) electrons. The van der Waals surface area contributed by atoms with E-state index in [1.165, 1.54) is 12.1 Å². The molecule has 4 rings (SSSR count). The topological polar surface area (TPSA) is 49.4 Å². The molecule has 0 aromatic heterocycles. The Bertz CT molecular complexity index is 1300. The fourth-order valence-electron chi connectivity index (χ4n) is 3.93. The first-order valence-corrected chi connectivity index (χ1v) is 11.5. The molecule has 0 spiro atoms. The van der Waals surface area contributed by atoms with Gasteiger partial charge in [-0.1, -0.05) is 62.4 Å². The molecule has 0 bridgehead atoms. The van der Waals surface area contributed by atoms with Gasteiger partial charge in [0.1, 0.15) is 5.82 Å². The van der Waals surface area contributed by atoms with E-state index in [0.29, 0.717) is 29.0 Å². The molecule has 4 aromatic carbocycles. The molecule has 2 amide bonds. The number of amides is 2. The number of nitrogens with zero attached hydrogens (tertiary/aromatic N) is 1. The van der Waals surface area contributed by atoms with Crippen LogP contribution >= 0.6 is 0 Å². The van der Waals surface area contributed by atoms with Crippen LogP contribution < -0.4 is 10.2 Å². The van der Waals surface area contributed by atoms with Gasteiger partial charge in [-0.25, -0.2) is 4.39 Å². The largest absolute Gasteiger partial charge is 0.322 e. The first-order valence-electron chi connectivity index (χ1n) is 11.5. The molecule has 0 fully saturated rings. The molecule has 4 aromatic rings. The van der Waals surface area contributed by atoms with E-state index >= 15 is 0 Å². The van der Waals surface area contributed by atoms with Crippen molar-refractivity contribution in [2.75, 3.05) is 10.2 Å². The van der Waals surface area contributed by atoms with Crippen molar-refractivity contribution in [1.82, 2.24) is 0 Å². The van der Waals surface area contributed by atoms with Crippen LogP contribution in [0.5, 0.6) is 0 Å². The molecule has 35 heavy (non-hydrogen) atoms. The maximum Gasteiger partial charge on any atom is 0.258 e. The highest BCUT2D eigenvalue weighted by Crippen LogP contribution is 2.23. The Labute approximate surface area is 205 Å². The fraction of sp³-hybridized carbons (Fsp3) is 0.133. The normalized spacial score (nSPS) is 10.7. The maximum atomic E-state index is 13.5. The van der Waals surface area contributed by atoms with Crippen molar-refractivity contribution in [2.45, 2.75) is 26.3 Å². The molecule has 5 heteroatoms. The number of halogens is 1. The van der Waals surface area contributed by atoms with E-state index < -0.39 is 0 Å². The number of benzene rings is 4. The van der Waals surface area contributed by atoms with Crippen molar-refractivity contribution >= 4 is 23.2 Å². The van der Waals surface area contributed by atoms with Gasteiger partial charge in [0.2, 0.25) is 0 Å². The van der Waals surface area contributed by atoms with Crippen molar-refractivity contribution in [3.63, 3.8) is 0 Å². The summed E-state index contributed by atoms with van der Waals surface area (Å²) in [5.74, 6) is -0.548. The van der Waals surface area contributed by atoms with Gasteiger partial charge in [0.05, 0.1) is 6.54 Å². The van der Waals surface area contributed by atoms with Crippen molar-refractivity contribution in [3.05, 3.63) is 131 Å². The Kier molecular flexibility index (Phi) is 7.36. The maximum absolute atomic E-state index is 13.5. The molecular formula is C30H27FN2O2. The molecule has 0 aliphatic rings. The van der Waals surface area contributed by atoms with Crippen molar-refractivity contribution in [3.8, 4) is 0 Å². The summed E-state index contributed by atoms with van der Waals surface area (Å²) in [5.41, 5.74) is 4.23. The van der Waals surface area contributed by atoms with Gasteiger partial charge in [0.15, 0.2) is 0 Å². The predicted octanol–water partition coefficient (Wildman–Crippen LogP) is 7.05. The van der Waals surface area contributed by atoms with Crippen molar-refractivity contribution < 1.29 is 14.0 Å². The Hall–Kier alpha value is -4.25. The van der Waals surface area contributed by atoms with Crippen molar-refractivity contribution in [2.24, 2.45) is 0 Å². The average Bonchev–Trinajstić information content (AvgIpc) is 2.88. The van der Waals surface area contributed by atoms with Crippen LogP contribution in [0.2, 0.25) is 0 Å². The number of hydrogen-bond acceptors (Lipinski definition) is 2. The molecule has 0 unspecified atom stereocenters. The van der Waals surface area contributed by atoms with Crippen LogP contribution in [-0.4, -0.2) is 11.8 Å². The van der Waals surface area contributed by atoms with Crippen LogP contribution in [0.15, 0.2) is 103 Å². The molecule has 1 N–H and O–H groups in total. The highest BCUT2D eigenvalue weighted by atomic mass is 19.1. The molecule has 0 saturated heterocycles.